The molecule has 0 bridgehead atoms. The zero-order valence-corrected chi connectivity index (χ0v) is 19.3. The van der Waals surface area contributed by atoms with E-state index < -0.39 is 33.5 Å². The van der Waals surface area contributed by atoms with Crippen LogP contribution in [0.5, 0.6) is 0 Å². The van der Waals surface area contributed by atoms with E-state index in [2.05, 4.69) is 0 Å². The Labute approximate surface area is 202 Å². The van der Waals surface area contributed by atoms with E-state index >= 15 is 0 Å². The van der Waals surface area contributed by atoms with Gasteiger partial charge in [0, 0.05) is 5.56 Å². The smallest absolute Gasteiger partial charge is 0.369 e. The van der Waals surface area contributed by atoms with Crippen LogP contribution in [-0.2, 0) is 22.2 Å². The predicted molar refractivity (Wildman–Crippen MR) is 118 cm³/mol. The minimum Gasteiger partial charge on any atom is -0.369 e. The molecule has 0 radical (unpaired) electrons. The first kappa shape index (κ1) is 27.0. The van der Waals surface area contributed by atoms with Gasteiger partial charge >= 0.3 is 12.4 Å². The van der Waals surface area contributed by atoms with E-state index in [0.29, 0.717) is 17.7 Å². The van der Waals surface area contributed by atoms with Crippen LogP contribution in [-0.4, -0.2) is 25.9 Å². The van der Waals surface area contributed by atoms with E-state index in [1.165, 1.54) is 18.2 Å². The van der Waals surface area contributed by atoms with Crippen LogP contribution in [0.1, 0.15) is 22.3 Å². The number of alkyl halides is 6. The standard InChI is InChI=1S/C24H18F6N2O3S/c1-16-4-2-6-18(12-16)15-32(36(34,35)21-7-3-5-17(13-21)14-31)20-10-8-19(9-11-20)22(33,23(25,26)27)24(28,29)30/h2-13,33H,15H2,1H3. The number of halogens is 6. The third kappa shape index (κ3) is 5.03. The zero-order valence-electron chi connectivity index (χ0n) is 18.5. The van der Waals surface area contributed by atoms with Crippen LogP contribution < -0.4 is 4.31 Å². The Balaban J connectivity index is 2.15. The number of benzene rings is 3. The van der Waals surface area contributed by atoms with E-state index in [1.807, 2.05) is 0 Å². The molecule has 0 aliphatic heterocycles. The summed E-state index contributed by atoms with van der Waals surface area (Å²) < 4.78 is 107. The number of aryl methyl sites for hydroxylation is 1. The van der Waals surface area contributed by atoms with Gasteiger partial charge in [0.2, 0.25) is 0 Å². The lowest BCUT2D eigenvalue weighted by atomic mass is 9.92. The molecule has 0 aliphatic rings. The molecule has 36 heavy (non-hydrogen) atoms. The molecule has 3 aromatic rings. The van der Waals surface area contributed by atoms with Crippen LogP contribution in [0.3, 0.4) is 0 Å². The highest BCUT2D eigenvalue weighted by Gasteiger charge is 2.71. The molecule has 190 valence electrons. The number of nitriles is 1. The SMILES string of the molecule is Cc1cccc(CN(c2ccc(C(O)(C(F)(F)F)C(F)(F)F)cc2)S(=O)(=O)c2cccc(C#N)c2)c1. The zero-order chi connectivity index (χ0) is 26.9. The van der Waals surface area contributed by atoms with Gasteiger partial charge in [-0.1, -0.05) is 48.0 Å². The van der Waals surface area contributed by atoms with Crippen LogP contribution >= 0.6 is 0 Å². The normalized spacial score (nSPS) is 12.8. The minimum atomic E-state index is -6.09. The fourth-order valence-corrected chi connectivity index (χ4v) is 5.00. The van der Waals surface area contributed by atoms with Crippen molar-refractivity contribution in [2.75, 3.05) is 4.31 Å². The molecule has 1 N–H and O–H groups in total. The van der Waals surface area contributed by atoms with Gasteiger partial charge in [-0.05, 0) is 42.8 Å². The Morgan fingerprint density at radius 3 is 2.00 bits per heavy atom. The topological polar surface area (TPSA) is 81.4 Å². The third-order valence-corrected chi connectivity index (χ3v) is 7.12. The summed E-state index contributed by atoms with van der Waals surface area (Å²) in [5, 5.41) is 18.8. The highest BCUT2D eigenvalue weighted by molar-refractivity contribution is 7.92. The van der Waals surface area contributed by atoms with Crippen LogP contribution in [0.2, 0.25) is 0 Å². The number of rotatable bonds is 6. The Bertz CT molecular complexity index is 1380. The molecule has 3 aromatic carbocycles. The van der Waals surface area contributed by atoms with Gasteiger partial charge in [-0.15, -0.1) is 0 Å². The van der Waals surface area contributed by atoms with Gasteiger partial charge in [0.1, 0.15) is 0 Å². The molecule has 0 saturated carbocycles. The van der Waals surface area contributed by atoms with Crippen LogP contribution in [0.25, 0.3) is 0 Å². The summed E-state index contributed by atoms with van der Waals surface area (Å²) in [6.07, 6.45) is -12.2. The first-order valence-corrected chi connectivity index (χ1v) is 11.6. The van der Waals surface area contributed by atoms with Gasteiger partial charge in [0.15, 0.2) is 0 Å². The van der Waals surface area contributed by atoms with Crippen molar-refractivity contribution in [2.24, 2.45) is 0 Å². The van der Waals surface area contributed by atoms with Crippen molar-refractivity contribution >= 4 is 15.7 Å². The molecule has 3 rings (SSSR count). The first-order valence-electron chi connectivity index (χ1n) is 10.2. The number of hydrogen-bond donors (Lipinski definition) is 1. The summed E-state index contributed by atoms with van der Waals surface area (Å²) in [7, 11) is -4.43. The van der Waals surface area contributed by atoms with Crippen LogP contribution in [0.15, 0.2) is 77.7 Å². The molecule has 5 nitrogen and oxygen atoms in total. The summed E-state index contributed by atoms with van der Waals surface area (Å²) in [4.78, 5) is -0.305. The summed E-state index contributed by atoms with van der Waals surface area (Å²) >= 11 is 0. The summed E-state index contributed by atoms with van der Waals surface area (Å²) in [6, 6.07) is 15.7. The molecule has 0 unspecified atom stereocenters. The molecule has 0 heterocycles. The Kier molecular flexibility index (Phi) is 7.12. The van der Waals surface area contributed by atoms with Crippen LogP contribution in [0, 0.1) is 18.3 Å². The second-order valence-corrected chi connectivity index (χ2v) is 9.76. The number of hydrogen-bond acceptors (Lipinski definition) is 4. The molecule has 12 heteroatoms. The Morgan fingerprint density at radius 2 is 1.47 bits per heavy atom. The summed E-state index contributed by atoms with van der Waals surface area (Å²) in [5.41, 5.74) is -5.63. The van der Waals surface area contributed by atoms with E-state index in [4.69, 9.17) is 5.26 Å². The molecule has 0 aliphatic carbocycles. The number of nitrogens with zero attached hydrogens (tertiary/aromatic N) is 2. The van der Waals surface area contributed by atoms with E-state index in [-0.39, 0.29) is 22.7 Å². The Hall–Kier alpha value is -3.56. The largest absolute Gasteiger partial charge is 0.430 e. The van der Waals surface area contributed by atoms with Gasteiger partial charge < -0.3 is 5.11 Å². The fourth-order valence-electron chi connectivity index (χ4n) is 3.50. The monoisotopic (exact) mass is 528 g/mol. The lowest BCUT2D eigenvalue weighted by molar-refractivity contribution is -0.376. The van der Waals surface area contributed by atoms with Crippen molar-refractivity contribution in [2.45, 2.75) is 36.3 Å². The highest BCUT2D eigenvalue weighted by atomic mass is 32.2. The maximum Gasteiger partial charge on any atom is 0.430 e. The molecular formula is C24H18F6N2O3S. The maximum absolute atomic E-state index is 13.5. The second kappa shape index (κ2) is 9.48. The number of sulfonamides is 1. The Morgan fingerprint density at radius 1 is 0.889 bits per heavy atom. The van der Waals surface area contributed by atoms with Gasteiger partial charge in [0.05, 0.1) is 28.8 Å². The quantitative estimate of drug-likeness (QED) is 0.424. The lowest BCUT2D eigenvalue weighted by Crippen LogP contribution is -2.53. The van der Waals surface area contributed by atoms with Crippen LogP contribution in [0.4, 0.5) is 32.0 Å². The van der Waals surface area contributed by atoms with Crippen molar-refractivity contribution in [3.05, 3.63) is 95.1 Å². The van der Waals surface area contributed by atoms with Crippen molar-refractivity contribution in [3.8, 4) is 6.07 Å². The lowest BCUT2D eigenvalue weighted by Gasteiger charge is -2.33. The minimum absolute atomic E-state index is 0.0300. The number of aliphatic hydroxyl groups is 1. The molecule has 0 aromatic heterocycles. The van der Waals surface area contributed by atoms with Crippen molar-refractivity contribution < 1.29 is 39.9 Å². The molecular weight excluding hydrogens is 510 g/mol. The molecule has 0 atom stereocenters. The van der Waals surface area contributed by atoms with E-state index in [0.717, 1.165) is 28.1 Å². The molecule has 0 amide bonds. The van der Waals surface area contributed by atoms with Crippen molar-refractivity contribution in [1.29, 1.82) is 5.26 Å². The molecule has 0 fully saturated rings. The third-order valence-electron chi connectivity index (χ3n) is 5.35. The summed E-state index contributed by atoms with van der Waals surface area (Å²) in [5.74, 6) is 0. The van der Waals surface area contributed by atoms with E-state index in [1.54, 1.807) is 37.3 Å². The fraction of sp³-hybridized carbons (Fsp3) is 0.208. The van der Waals surface area contributed by atoms with Gasteiger partial charge in [-0.2, -0.15) is 31.6 Å². The van der Waals surface area contributed by atoms with Crippen molar-refractivity contribution in [1.82, 2.24) is 0 Å². The van der Waals surface area contributed by atoms with Gasteiger partial charge in [-0.3, -0.25) is 4.31 Å². The van der Waals surface area contributed by atoms with Gasteiger partial charge in [0.25, 0.3) is 15.6 Å². The highest BCUT2D eigenvalue weighted by Crippen LogP contribution is 2.50. The molecule has 0 saturated heterocycles. The summed E-state index contributed by atoms with van der Waals surface area (Å²) in [6.45, 7) is 1.44. The molecule has 0 spiro atoms. The van der Waals surface area contributed by atoms with Gasteiger partial charge in [-0.25, -0.2) is 8.42 Å². The second-order valence-electron chi connectivity index (χ2n) is 7.89. The maximum atomic E-state index is 13.5. The average Bonchev–Trinajstić information content (AvgIpc) is 2.80. The van der Waals surface area contributed by atoms with E-state index in [9.17, 15) is 39.9 Å². The number of anilines is 1. The first-order chi connectivity index (χ1) is 16.6. The average molecular weight is 528 g/mol. The van der Waals surface area contributed by atoms with Crippen molar-refractivity contribution in [3.63, 3.8) is 0 Å². The predicted octanol–water partition coefficient (Wildman–Crippen LogP) is 5.57.